The van der Waals surface area contributed by atoms with Crippen molar-refractivity contribution in [1.29, 1.82) is 0 Å². The van der Waals surface area contributed by atoms with E-state index in [2.05, 4.69) is 4.90 Å². The van der Waals surface area contributed by atoms with E-state index in [1.807, 2.05) is 36.4 Å². The van der Waals surface area contributed by atoms with Gasteiger partial charge in [-0.15, -0.1) is 0 Å². The zero-order chi connectivity index (χ0) is 27.6. The first-order valence-corrected chi connectivity index (χ1v) is 14.0. The van der Waals surface area contributed by atoms with Crippen LogP contribution in [-0.2, 0) is 4.74 Å². The second-order valence-electron chi connectivity index (χ2n) is 9.55. The predicted octanol–water partition coefficient (Wildman–Crippen LogP) is 4.94. The Morgan fingerprint density at radius 2 is 1.80 bits per heavy atom. The molecule has 9 nitrogen and oxygen atoms in total. The van der Waals surface area contributed by atoms with Crippen molar-refractivity contribution in [2.24, 2.45) is 0 Å². The Kier molecular flexibility index (Phi) is 7.38. The highest BCUT2D eigenvalue weighted by Crippen LogP contribution is 2.40. The maximum absolute atomic E-state index is 14.2. The van der Waals surface area contributed by atoms with Gasteiger partial charge in [0.2, 0.25) is 0 Å². The molecule has 1 saturated heterocycles. The third-order valence-corrected chi connectivity index (χ3v) is 8.30. The number of hydrogen-bond donors (Lipinski definition) is 0. The fourth-order valence-electron chi connectivity index (χ4n) is 5.12. The van der Waals surface area contributed by atoms with Crippen molar-refractivity contribution in [1.82, 2.24) is 9.88 Å². The molecule has 6 rings (SSSR count). The Bertz CT molecular complexity index is 1720. The molecule has 3 heterocycles. The van der Waals surface area contributed by atoms with Crippen LogP contribution in [0, 0.1) is 0 Å². The third kappa shape index (κ3) is 4.90. The van der Waals surface area contributed by atoms with E-state index in [0.717, 1.165) is 35.1 Å². The SMILES string of the molecule is COc1ccc(OC)c2sc(N(CCCN3CCOCC3)C(=O)c3cc4c(ccc5ccccc54)oc3=O)nc12. The van der Waals surface area contributed by atoms with Crippen molar-refractivity contribution >= 4 is 54.3 Å². The number of aromatic nitrogens is 1. The first-order valence-electron chi connectivity index (χ1n) is 13.2. The van der Waals surface area contributed by atoms with Crippen molar-refractivity contribution in [3.8, 4) is 11.5 Å². The van der Waals surface area contributed by atoms with E-state index in [9.17, 15) is 9.59 Å². The summed E-state index contributed by atoms with van der Waals surface area (Å²) < 4.78 is 23.0. The minimum absolute atomic E-state index is 0.0339. The molecule has 1 fully saturated rings. The average molecular weight is 560 g/mol. The molecule has 1 aliphatic heterocycles. The number of anilines is 1. The van der Waals surface area contributed by atoms with E-state index in [-0.39, 0.29) is 5.56 Å². The number of ether oxygens (including phenoxy) is 3. The molecule has 2 aromatic heterocycles. The van der Waals surface area contributed by atoms with Crippen molar-refractivity contribution in [3.63, 3.8) is 0 Å². The summed E-state index contributed by atoms with van der Waals surface area (Å²) >= 11 is 1.33. The van der Waals surface area contributed by atoms with Gasteiger partial charge in [0.05, 0.1) is 27.4 Å². The van der Waals surface area contributed by atoms with Gasteiger partial charge in [-0.05, 0) is 41.5 Å². The molecule has 3 aromatic carbocycles. The summed E-state index contributed by atoms with van der Waals surface area (Å²) in [6, 6.07) is 16.7. The molecule has 10 heteroatoms. The lowest BCUT2D eigenvalue weighted by molar-refractivity contribution is 0.0376. The van der Waals surface area contributed by atoms with E-state index >= 15 is 0 Å². The predicted molar refractivity (Wildman–Crippen MR) is 156 cm³/mol. The van der Waals surface area contributed by atoms with E-state index in [1.54, 1.807) is 37.3 Å². The number of thiazole rings is 1. The standard InChI is InChI=1S/C30H29N3O6S/c1-36-24-10-11-25(37-2)27-26(24)31-30(40-27)33(13-5-12-32-14-16-38-17-15-32)28(34)22-18-21-20-7-4-3-6-19(20)8-9-23(21)39-29(22)35/h3-4,6-11,18H,5,12-17H2,1-2H3. The summed E-state index contributed by atoms with van der Waals surface area (Å²) in [5.41, 5.74) is 0.327. The minimum Gasteiger partial charge on any atom is -0.495 e. The van der Waals surface area contributed by atoms with Gasteiger partial charge in [0.15, 0.2) is 5.13 Å². The van der Waals surface area contributed by atoms with Crippen LogP contribution in [0.1, 0.15) is 16.8 Å². The van der Waals surface area contributed by atoms with Crippen LogP contribution in [0.3, 0.4) is 0 Å². The minimum atomic E-state index is -0.678. The van der Waals surface area contributed by atoms with E-state index in [0.29, 0.717) is 59.3 Å². The van der Waals surface area contributed by atoms with Gasteiger partial charge in [0.25, 0.3) is 5.91 Å². The van der Waals surface area contributed by atoms with E-state index in [4.69, 9.17) is 23.6 Å². The van der Waals surface area contributed by atoms with Crippen LogP contribution in [0.25, 0.3) is 32.0 Å². The van der Waals surface area contributed by atoms with Crippen LogP contribution >= 0.6 is 11.3 Å². The van der Waals surface area contributed by atoms with Crippen molar-refractivity contribution in [3.05, 3.63) is 70.6 Å². The quantitative estimate of drug-likeness (QED) is 0.195. The number of morpholine rings is 1. The van der Waals surface area contributed by atoms with Crippen LogP contribution in [0.4, 0.5) is 5.13 Å². The second-order valence-corrected chi connectivity index (χ2v) is 10.5. The fourth-order valence-corrected chi connectivity index (χ4v) is 6.22. The van der Waals surface area contributed by atoms with E-state index < -0.39 is 11.5 Å². The van der Waals surface area contributed by atoms with Crippen molar-refractivity contribution in [2.45, 2.75) is 6.42 Å². The molecule has 0 aliphatic carbocycles. The molecule has 0 atom stereocenters. The van der Waals surface area contributed by atoms with E-state index in [1.165, 1.54) is 11.3 Å². The monoisotopic (exact) mass is 559 g/mol. The largest absolute Gasteiger partial charge is 0.495 e. The highest BCUT2D eigenvalue weighted by Gasteiger charge is 2.27. The molecule has 0 N–H and O–H groups in total. The molecule has 40 heavy (non-hydrogen) atoms. The number of fused-ring (bicyclic) bond motifs is 4. The molecular weight excluding hydrogens is 530 g/mol. The van der Waals surface area contributed by atoms with Crippen molar-refractivity contribution in [2.75, 3.05) is 58.5 Å². The van der Waals surface area contributed by atoms with Gasteiger partial charge in [0, 0.05) is 31.6 Å². The Morgan fingerprint density at radius 1 is 1.02 bits per heavy atom. The van der Waals surface area contributed by atoms with Gasteiger partial charge in [-0.1, -0.05) is 41.7 Å². The van der Waals surface area contributed by atoms with Gasteiger partial charge >= 0.3 is 5.63 Å². The number of carbonyl (C=O) groups excluding carboxylic acids is 1. The topological polar surface area (TPSA) is 94.3 Å². The smallest absolute Gasteiger partial charge is 0.349 e. The van der Waals surface area contributed by atoms with Crippen LogP contribution in [-0.4, -0.2) is 69.4 Å². The number of rotatable bonds is 8. The molecular formula is C30H29N3O6S. The normalized spacial score (nSPS) is 14.2. The zero-order valence-electron chi connectivity index (χ0n) is 22.3. The first-order chi connectivity index (χ1) is 19.6. The number of nitrogens with zero attached hydrogens (tertiary/aromatic N) is 3. The Labute approximate surface area is 234 Å². The lowest BCUT2D eigenvalue weighted by Gasteiger charge is -2.27. The molecule has 0 unspecified atom stereocenters. The molecule has 0 spiro atoms. The highest BCUT2D eigenvalue weighted by molar-refractivity contribution is 7.22. The summed E-state index contributed by atoms with van der Waals surface area (Å²) in [4.78, 5) is 36.0. The van der Waals surface area contributed by atoms with Crippen molar-refractivity contribution < 1.29 is 23.4 Å². The lowest BCUT2D eigenvalue weighted by atomic mass is 10.0. The molecule has 0 bridgehead atoms. The summed E-state index contributed by atoms with van der Waals surface area (Å²) in [5, 5.41) is 3.07. The number of carbonyl (C=O) groups is 1. The molecule has 1 amide bonds. The Balaban J connectivity index is 1.42. The Hall–Kier alpha value is -3.99. The number of hydrogen-bond acceptors (Lipinski definition) is 9. The highest BCUT2D eigenvalue weighted by atomic mass is 32.1. The Morgan fingerprint density at radius 3 is 2.60 bits per heavy atom. The van der Waals surface area contributed by atoms with Gasteiger partial charge in [0.1, 0.15) is 32.9 Å². The molecule has 5 aromatic rings. The summed E-state index contributed by atoms with van der Waals surface area (Å²) in [5.74, 6) is 0.759. The first kappa shape index (κ1) is 26.2. The van der Waals surface area contributed by atoms with Crippen LogP contribution in [0.5, 0.6) is 11.5 Å². The van der Waals surface area contributed by atoms with Gasteiger partial charge in [-0.3, -0.25) is 14.6 Å². The van der Waals surface area contributed by atoms with Crippen LogP contribution in [0.2, 0.25) is 0 Å². The third-order valence-electron chi connectivity index (χ3n) is 7.21. The lowest BCUT2D eigenvalue weighted by Crippen LogP contribution is -2.40. The summed E-state index contributed by atoms with van der Waals surface area (Å²) in [6.45, 7) is 4.27. The van der Waals surface area contributed by atoms with Crippen LogP contribution in [0.15, 0.2) is 63.8 Å². The molecule has 1 aliphatic rings. The van der Waals surface area contributed by atoms with Gasteiger partial charge in [-0.25, -0.2) is 9.78 Å². The summed E-state index contributed by atoms with van der Waals surface area (Å²) in [7, 11) is 3.17. The second kappa shape index (κ2) is 11.2. The number of benzene rings is 3. The summed E-state index contributed by atoms with van der Waals surface area (Å²) in [6.07, 6.45) is 0.692. The molecule has 206 valence electrons. The number of methoxy groups -OCH3 is 2. The average Bonchev–Trinajstić information content (AvgIpc) is 3.44. The maximum atomic E-state index is 14.2. The molecule has 0 radical (unpaired) electrons. The van der Waals surface area contributed by atoms with Crippen LogP contribution < -0.4 is 20.0 Å². The maximum Gasteiger partial charge on any atom is 0.349 e. The van der Waals surface area contributed by atoms with Gasteiger partial charge < -0.3 is 18.6 Å². The zero-order valence-corrected chi connectivity index (χ0v) is 23.2. The molecule has 0 saturated carbocycles. The van der Waals surface area contributed by atoms with Gasteiger partial charge in [-0.2, -0.15) is 0 Å². The fraction of sp³-hybridized carbons (Fsp3) is 0.300. The number of amides is 1.